The summed E-state index contributed by atoms with van der Waals surface area (Å²) < 4.78 is 5.45. The molecule has 0 aromatic heterocycles. The van der Waals surface area contributed by atoms with Crippen molar-refractivity contribution in [1.29, 1.82) is 0 Å². The summed E-state index contributed by atoms with van der Waals surface area (Å²) in [6, 6.07) is 5.83. The van der Waals surface area contributed by atoms with Crippen LogP contribution >= 0.6 is 12.6 Å². The maximum Gasteiger partial charge on any atom is 0.224 e. The Balaban J connectivity index is 2.72. The van der Waals surface area contributed by atoms with Crippen molar-refractivity contribution < 1.29 is 9.53 Å². The average Bonchev–Trinajstić information content (AvgIpc) is 2.54. The van der Waals surface area contributed by atoms with E-state index in [4.69, 9.17) is 16.2 Å². The molecule has 0 bridgehead atoms. The third-order valence-electron chi connectivity index (χ3n) is 4.33. The van der Waals surface area contributed by atoms with E-state index < -0.39 is 0 Å². The zero-order valence-electron chi connectivity index (χ0n) is 15.0. The Labute approximate surface area is 151 Å². The van der Waals surface area contributed by atoms with E-state index in [9.17, 15) is 4.79 Å². The van der Waals surface area contributed by atoms with Gasteiger partial charge in [-0.05, 0) is 23.6 Å². The summed E-state index contributed by atoms with van der Waals surface area (Å²) in [7, 11) is 1.62. The van der Waals surface area contributed by atoms with Gasteiger partial charge in [0.15, 0.2) is 0 Å². The predicted octanol–water partition coefficient (Wildman–Crippen LogP) is 3.77. The maximum absolute atomic E-state index is 11.9. The lowest BCUT2D eigenvalue weighted by molar-refractivity contribution is -0.119. The van der Waals surface area contributed by atoms with Crippen molar-refractivity contribution in [2.45, 2.75) is 69.6 Å². The van der Waals surface area contributed by atoms with Crippen LogP contribution in [0.4, 0.5) is 0 Å². The summed E-state index contributed by atoms with van der Waals surface area (Å²) in [5, 5.41) is -0.236. The first-order chi connectivity index (χ1) is 11.5. The number of benzene rings is 1. The summed E-state index contributed by atoms with van der Waals surface area (Å²) in [5.74, 6) is 0.208. The van der Waals surface area contributed by atoms with Crippen molar-refractivity contribution in [2.24, 2.45) is 11.5 Å². The summed E-state index contributed by atoms with van der Waals surface area (Å²) in [6.07, 6.45) is 8.58. The molecular weight excluding hydrogens is 320 g/mol. The Morgan fingerprint density at radius 1 is 1.21 bits per heavy atom. The number of thiol groups is 1. The van der Waals surface area contributed by atoms with E-state index in [0.717, 1.165) is 36.1 Å². The van der Waals surface area contributed by atoms with Crippen molar-refractivity contribution in [3.8, 4) is 5.75 Å². The van der Waals surface area contributed by atoms with Gasteiger partial charge in [0.05, 0.1) is 18.4 Å². The Kier molecular flexibility index (Phi) is 9.88. The Bertz CT molecular complexity index is 506. The molecule has 24 heavy (non-hydrogen) atoms. The summed E-state index contributed by atoms with van der Waals surface area (Å²) in [6.45, 7) is 2.21. The average molecular weight is 353 g/mol. The van der Waals surface area contributed by atoms with E-state index >= 15 is 0 Å². The highest BCUT2D eigenvalue weighted by atomic mass is 32.1. The monoisotopic (exact) mass is 352 g/mol. The molecule has 1 aromatic carbocycles. The SMILES string of the molecule is CCCCCCCCC(C(N)=O)c1ccc(CC(N)S)c(OC)c1. The first-order valence-corrected chi connectivity index (χ1v) is 9.41. The molecule has 0 aliphatic carbocycles. The van der Waals surface area contributed by atoms with E-state index in [1.807, 2.05) is 18.2 Å². The molecule has 0 fully saturated rings. The van der Waals surface area contributed by atoms with Gasteiger partial charge in [0, 0.05) is 6.42 Å². The van der Waals surface area contributed by atoms with Gasteiger partial charge >= 0.3 is 0 Å². The van der Waals surface area contributed by atoms with Crippen molar-refractivity contribution in [1.82, 2.24) is 0 Å². The number of hydrogen-bond acceptors (Lipinski definition) is 4. The van der Waals surface area contributed by atoms with E-state index in [-0.39, 0.29) is 17.2 Å². The molecule has 0 spiro atoms. The van der Waals surface area contributed by atoms with E-state index in [2.05, 4.69) is 19.6 Å². The van der Waals surface area contributed by atoms with E-state index in [1.54, 1.807) is 7.11 Å². The fourth-order valence-electron chi connectivity index (χ4n) is 2.97. The molecule has 4 N–H and O–H groups in total. The van der Waals surface area contributed by atoms with Crippen molar-refractivity contribution in [2.75, 3.05) is 7.11 Å². The number of rotatable bonds is 12. The molecule has 0 heterocycles. The highest BCUT2D eigenvalue weighted by Gasteiger charge is 2.19. The minimum atomic E-state index is -0.274. The third kappa shape index (κ3) is 7.14. The van der Waals surface area contributed by atoms with Crippen LogP contribution in [0.1, 0.15) is 68.9 Å². The first-order valence-electron chi connectivity index (χ1n) is 8.89. The standard InChI is InChI=1S/C19H32N2O2S/c1-3-4-5-6-7-8-9-16(19(21)22)14-10-11-15(13-18(20)24)17(12-14)23-2/h10-12,16,18,24H,3-9,13,20H2,1-2H3,(H2,21,22). The molecule has 1 aromatic rings. The fraction of sp³-hybridized carbons (Fsp3) is 0.632. The smallest absolute Gasteiger partial charge is 0.224 e. The van der Waals surface area contributed by atoms with Gasteiger partial charge in [-0.3, -0.25) is 4.79 Å². The number of amides is 1. The van der Waals surface area contributed by atoms with Gasteiger partial charge < -0.3 is 16.2 Å². The fourth-order valence-corrected chi connectivity index (χ4v) is 3.17. The number of unbranched alkanes of at least 4 members (excludes halogenated alkanes) is 5. The highest BCUT2D eigenvalue weighted by molar-refractivity contribution is 7.80. The van der Waals surface area contributed by atoms with Crippen LogP contribution in [0, 0.1) is 0 Å². The number of methoxy groups -OCH3 is 1. The summed E-state index contributed by atoms with van der Waals surface area (Å²) in [5.41, 5.74) is 13.3. The Hall–Kier alpha value is -1.20. The molecule has 0 aliphatic heterocycles. The largest absolute Gasteiger partial charge is 0.496 e. The highest BCUT2D eigenvalue weighted by Crippen LogP contribution is 2.29. The minimum absolute atomic E-state index is 0.236. The minimum Gasteiger partial charge on any atom is -0.496 e. The lowest BCUT2D eigenvalue weighted by Gasteiger charge is -2.17. The van der Waals surface area contributed by atoms with Crippen LogP contribution in [0.15, 0.2) is 18.2 Å². The molecule has 1 amide bonds. The maximum atomic E-state index is 11.9. The van der Waals surface area contributed by atoms with Crippen LogP contribution in [-0.4, -0.2) is 18.4 Å². The van der Waals surface area contributed by atoms with Gasteiger partial charge in [-0.1, -0.05) is 57.6 Å². The van der Waals surface area contributed by atoms with Crippen molar-refractivity contribution in [3.05, 3.63) is 29.3 Å². The zero-order chi connectivity index (χ0) is 17.9. The molecule has 2 unspecified atom stereocenters. The molecular formula is C19H32N2O2S. The number of ether oxygens (including phenoxy) is 1. The van der Waals surface area contributed by atoms with Crippen molar-refractivity contribution in [3.63, 3.8) is 0 Å². The second-order valence-corrected chi connectivity index (χ2v) is 7.02. The topological polar surface area (TPSA) is 78.3 Å². The normalized spacial score (nSPS) is 13.5. The second kappa shape index (κ2) is 11.4. The number of hydrogen-bond donors (Lipinski definition) is 3. The molecule has 0 radical (unpaired) electrons. The lowest BCUT2D eigenvalue weighted by Crippen LogP contribution is -2.22. The van der Waals surface area contributed by atoms with Crippen LogP contribution in [0.5, 0.6) is 5.75 Å². The third-order valence-corrected chi connectivity index (χ3v) is 4.51. The first kappa shape index (κ1) is 20.8. The lowest BCUT2D eigenvalue weighted by atomic mass is 9.91. The summed E-state index contributed by atoms with van der Waals surface area (Å²) >= 11 is 4.22. The van der Waals surface area contributed by atoms with Gasteiger partial charge in [0.25, 0.3) is 0 Å². The second-order valence-electron chi connectivity index (χ2n) is 6.35. The molecule has 0 aliphatic rings. The van der Waals surface area contributed by atoms with Gasteiger partial charge in [0.2, 0.25) is 5.91 Å². The van der Waals surface area contributed by atoms with E-state index in [0.29, 0.717) is 6.42 Å². The molecule has 1 rings (SSSR count). The van der Waals surface area contributed by atoms with Crippen LogP contribution in [0.25, 0.3) is 0 Å². The molecule has 136 valence electrons. The molecule has 0 saturated carbocycles. The molecule has 2 atom stereocenters. The van der Waals surface area contributed by atoms with Crippen LogP contribution in [-0.2, 0) is 11.2 Å². The quantitative estimate of drug-likeness (QED) is 0.304. The van der Waals surface area contributed by atoms with Crippen LogP contribution in [0.2, 0.25) is 0 Å². The number of carbonyl (C=O) groups is 1. The van der Waals surface area contributed by atoms with Gasteiger partial charge in [-0.15, -0.1) is 0 Å². The number of nitrogens with two attached hydrogens (primary N) is 2. The predicted molar refractivity (Wildman–Crippen MR) is 104 cm³/mol. The van der Waals surface area contributed by atoms with Crippen LogP contribution in [0.3, 0.4) is 0 Å². The van der Waals surface area contributed by atoms with Crippen LogP contribution < -0.4 is 16.2 Å². The molecule has 5 heteroatoms. The molecule has 0 saturated heterocycles. The van der Waals surface area contributed by atoms with Crippen molar-refractivity contribution >= 4 is 18.5 Å². The Morgan fingerprint density at radius 3 is 2.46 bits per heavy atom. The van der Waals surface area contributed by atoms with Gasteiger partial charge in [-0.25, -0.2) is 0 Å². The number of primary amides is 1. The van der Waals surface area contributed by atoms with E-state index in [1.165, 1.54) is 25.7 Å². The Morgan fingerprint density at radius 2 is 1.88 bits per heavy atom. The number of carbonyl (C=O) groups excluding carboxylic acids is 1. The van der Waals surface area contributed by atoms with Gasteiger partial charge in [0.1, 0.15) is 5.75 Å². The molecule has 4 nitrogen and oxygen atoms in total. The zero-order valence-corrected chi connectivity index (χ0v) is 15.9. The summed E-state index contributed by atoms with van der Waals surface area (Å²) in [4.78, 5) is 11.9. The van der Waals surface area contributed by atoms with Gasteiger partial charge in [-0.2, -0.15) is 12.6 Å².